The second-order valence-electron chi connectivity index (χ2n) is 4.83. The number of rotatable bonds is 2. The lowest BCUT2D eigenvalue weighted by atomic mass is 9.97. The van der Waals surface area contributed by atoms with Crippen LogP contribution in [0.25, 0.3) is 11.1 Å². The van der Waals surface area contributed by atoms with Crippen LogP contribution >= 0.6 is 0 Å². The molecule has 1 heterocycles. The first-order valence-electron chi connectivity index (χ1n) is 6.48. The van der Waals surface area contributed by atoms with Gasteiger partial charge in [0, 0.05) is 24.0 Å². The zero-order valence-corrected chi connectivity index (χ0v) is 10.9. The van der Waals surface area contributed by atoms with Gasteiger partial charge in [-0.25, -0.2) is 0 Å². The summed E-state index contributed by atoms with van der Waals surface area (Å²) in [6, 6.07) is 10.9. The van der Waals surface area contributed by atoms with Gasteiger partial charge >= 0.3 is 0 Å². The molecule has 0 saturated carbocycles. The van der Waals surface area contributed by atoms with Crippen molar-refractivity contribution in [3.63, 3.8) is 0 Å². The number of hydrogen-bond donors (Lipinski definition) is 1. The summed E-state index contributed by atoms with van der Waals surface area (Å²) in [6.45, 7) is 0. The smallest absolute Gasteiger partial charge is 0.101 e. The quantitative estimate of drug-likeness (QED) is 0.890. The summed E-state index contributed by atoms with van der Waals surface area (Å²) in [5, 5.41) is 12.3. The van der Waals surface area contributed by atoms with Gasteiger partial charge in [0.25, 0.3) is 0 Å². The molecule has 3 heteroatoms. The molecule has 1 N–H and O–H groups in total. The minimum absolute atomic E-state index is 0.446. The Labute approximate surface area is 112 Å². The lowest BCUT2D eigenvalue weighted by Crippen LogP contribution is -2.12. The number of nitriles is 1. The van der Waals surface area contributed by atoms with Crippen molar-refractivity contribution in [3.05, 3.63) is 53.3 Å². The van der Waals surface area contributed by atoms with Gasteiger partial charge in [0.15, 0.2) is 0 Å². The summed E-state index contributed by atoms with van der Waals surface area (Å²) < 4.78 is 0. The van der Waals surface area contributed by atoms with E-state index in [1.807, 2.05) is 19.3 Å². The minimum Gasteiger partial charge on any atom is -0.313 e. The molecular weight excluding hydrogens is 234 g/mol. The van der Waals surface area contributed by atoms with E-state index < -0.39 is 0 Å². The van der Waals surface area contributed by atoms with Gasteiger partial charge in [-0.3, -0.25) is 4.98 Å². The Morgan fingerprint density at radius 1 is 1.37 bits per heavy atom. The first-order chi connectivity index (χ1) is 9.33. The zero-order chi connectivity index (χ0) is 13.2. The van der Waals surface area contributed by atoms with Gasteiger partial charge in [-0.1, -0.05) is 18.2 Å². The molecule has 1 unspecified atom stereocenters. The van der Waals surface area contributed by atoms with E-state index in [1.165, 1.54) is 16.7 Å². The van der Waals surface area contributed by atoms with Gasteiger partial charge in [0.1, 0.15) is 6.07 Å². The molecule has 0 spiro atoms. The molecule has 1 atom stereocenters. The Balaban J connectivity index is 2.12. The van der Waals surface area contributed by atoms with Crippen LogP contribution in [0, 0.1) is 11.3 Å². The van der Waals surface area contributed by atoms with Crippen LogP contribution in [0.4, 0.5) is 0 Å². The van der Waals surface area contributed by atoms with Gasteiger partial charge in [-0.2, -0.15) is 5.26 Å². The first-order valence-corrected chi connectivity index (χ1v) is 6.48. The van der Waals surface area contributed by atoms with Gasteiger partial charge in [-0.15, -0.1) is 0 Å². The molecule has 1 aliphatic carbocycles. The van der Waals surface area contributed by atoms with Crippen LogP contribution in [0.3, 0.4) is 0 Å². The van der Waals surface area contributed by atoms with Crippen LogP contribution in [0.15, 0.2) is 36.7 Å². The Kier molecular flexibility index (Phi) is 3.02. The van der Waals surface area contributed by atoms with Crippen LogP contribution in [-0.4, -0.2) is 12.0 Å². The van der Waals surface area contributed by atoms with Crippen molar-refractivity contribution in [2.45, 2.75) is 18.9 Å². The first kappa shape index (κ1) is 11.9. The van der Waals surface area contributed by atoms with Crippen molar-refractivity contribution in [2.24, 2.45) is 0 Å². The second-order valence-corrected chi connectivity index (χ2v) is 4.83. The second kappa shape index (κ2) is 4.83. The molecule has 1 aromatic carbocycles. The Morgan fingerprint density at radius 2 is 2.26 bits per heavy atom. The normalized spacial score (nSPS) is 16.9. The predicted molar refractivity (Wildman–Crippen MR) is 74.5 cm³/mol. The Hall–Kier alpha value is -2.18. The molecule has 0 amide bonds. The lowest BCUT2D eigenvalue weighted by molar-refractivity contribution is 0.590. The maximum atomic E-state index is 8.98. The molecule has 19 heavy (non-hydrogen) atoms. The molecule has 0 saturated heterocycles. The molecule has 0 aliphatic heterocycles. The molecule has 3 nitrogen and oxygen atoms in total. The molecule has 1 aliphatic rings. The molecule has 2 aromatic rings. The number of fused-ring (bicyclic) bond motifs is 1. The summed E-state index contributed by atoms with van der Waals surface area (Å²) in [5.41, 5.74) is 5.62. The standard InChI is InChI=1S/C16H15N3/c1-18-16-6-5-14-13(3-2-4-15(14)16)12-7-11(8-17)9-19-10-12/h2-4,7,9-10,16,18H,5-6H2,1H3. The molecule has 0 fully saturated rings. The van der Waals surface area contributed by atoms with E-state index in [0.717, 1.165) is 18.4 Å². The van der Waals surface area contributed by atoms with Gasteiger partial charge in [-0.05, 0) is 42.6 Å². The molecule has 0 bridgehead atoms. The van der Waals surface area contributed by atoms with Crippen molar-refractivity contribution in [1.82, 2.24) is 10.3 Å². The number of aromatic nitrogens is 1. The van der Waals surface area contributed by atoms with E-state index >= 15 is 0 Å². The van der Waals surface area contributed by atoms with E-state index in [-0.39, 0.29) is 0 Å². The Bertz CT molecular complexity index is 655. The molecule has 3 rings (SSSR count). The third kappa shape index (κ3) is 2.00. The van der Waals surface area contributed by atoms with Gasteiger partial charge < -0.3 is 5.32 Å². The van der Waals surface area contributed by atoms with Crippen molar-refractivity contribution in [1.29, 1.82) is 5.26 Å². The summed E-state index contributed by atoms with van der Waals surface area (Å²) in [5.74, 6) is 0. The van der Waals surface area contributed by atoms with Crippen molar-refractivity contribution < 1.29 is 0 Å². The zero-order valence-electron chi connectivity index (χ0n) is 10.9. The largest absolute Gasteiger partial charge is 0.313 e. The van der Waals surface area contributed by atoms with Crippen LogP contribution < -0.4 is 5.32 Å². The fourth-order valence-electron chi connectivity index (χ4n) is 2.87. The highest BCUT2D eigenvalue weighted by Gasteiger charge is 2.23. The number of nitrogens with one attached hydrogen (secondary N) is 1. The van der Waals surface area contributed by atoms with E-state index in [2.05, 4.69) is 34.6 Å². The van der Waals surface area contributed by atoms with E-state index in [0.29, 0.717) is 11.6 Å². The Morgan fingerprint density at radius 3 is 3.05 bits per heavy atom. The summed E-state index contributed by atoms with van der Waals surface area (Å²) in [7, 11) is 2.00. The summed E-state index contributed by atoms with van der Waals surface area (Å²) in [4.78, 5) is 4.16. The fourth-order valence-corrected chi connectivity index (χ4v) is 2.87. The molecule has 1 aromatic heterocycles. The summed E-state index contributed by atoms with van der Waals surface area (Å²) in [6.07, 6.45) is 5.65. The fraction of sp³-hybridized carbons (Fsp3) is 0.250. The lowest BCUT2D eigenvalue weighted by Gasteiger charge is -2.12. The monoisotopic (exact) mass is 249 g/mol. The van der Waals surface area contributed by atoms with Crippen LogP contribution in [0.2, 0.25) is 0 Å². The van der Waals surface area contributed by atoms with Gasteiger partial charge in [0.2, 0.25) is 0 Å². The average Bonchev–Trinajstić information content (AvgIpc) is 2.90. The highest BCUT2D eigenvalue weighted by atomic mass is 14.9. The maximum absolute atomic E-state index is 8.98. The average molecular weight is 249 g/mol. The van der Waals surface area contributed by atoms with E-state index in [1.54, 1.807) is 6.20 Å². The maximum Gasteiger partial charge on any atom is 0.101 e. The van der Waals surface area contributed by atoms with Crippen LogP contribution in [-0.2, 0) is 6.42 Å². The summed E-state index contributed by atoms with van der Waals surface area (Å²) >= 11 is 0. The number of hydrogen-bond acceptors (Lipinski definition) is 3. The van der Waals surface area contributed by atoms with Crippen LogP contribution in [0.5, 0.6) is 0 Å². The number of nitrogens with zero attached hydrogens (tertiary/aromatic N) is 2. The third-order valence-corrected chi connectivity index (χ3v) is 3.80. The minimum atomic E-state index is 0.446. The van der Waals surface area contributed by atoms with Crippen molar-refractivity contribution in [3.8, 4) is 17.2 Å². The highest BCUT2D eigenvalue weighted by Crippen LogP contribution is 2.37. The number of benzene rings is 1. The van der Waals surface area contributed by atoms with E-state index in [9.17, 15) is 0 Å². The molecular formula is C16H15N3. The van der Waals surface area contributed by atoms with Crippen molar-refractivity contribution >= 4 is 0 Å². The third-order valence-electron chi connectivity index (χ3n) is 3.80. The van der Waals surface area contributed by atoms with E-state index in [4.69, 9.17) is 5.26 Å². The topological polar surface area (TPSA) is 48.7 Å². The van der Waals surface area contributed by atoms with Gasteiger partial charge in [0.05, 0.1) is 5.56 Å². The number of pyridine rings is 1. The molecule has 0 radical (unpaired) electrons. The highest BCUT2D eigenvalue weighted by molar-refractivity contribution is 5.70. The predicted octanol–water partition coefficient (Wildman–Crippen LogP) is 2.83. The van der Waals surface area contributed by atoms with Crippen LogP contribution in [0.1, 0.15) is 29.2 Å². The SMILES string of the molecule is CNC1CCc2c(-c3cncc(C#N)c3)cccc21. The van der Waals surface area contributed by atoms with Crippen molar-refractivity contribution in [2.75, 3.05) is 7.05 Å². The molecule has 94 valence electrons.